The summed E-state index contributed by atoms with van der Waals surface area (Å²) < 4.78 is 10.1. The Bertz CT molecular complexity index is 830. The zero-order valence-corrected chi connectivity index (χ0v) is 13.2. The van der Waals surface area contributed by atoms with Crippen molar-refractivity contribution in [2.24, 2.45) is 0 Å². The van der Waals surface area contributed by atoms with E-state index in [1.165, 1.54) is 13.4 Å². The summed E-state index contributed by atoms with van der Waals surface area (Å²) in [7, 11) is 3.27. The van der Waals surface area contributed by atoms with E-state index in [2.05, 4.69) is 10.1 Å². The van der Waals surface area contributed by atoms with Crippen LogP contribution in [0.2, 0.25) is 0 Å². The lowest BCUT2D eigenvalue weighted by Crippen LogP contribution is -2.30. The highest BCUT2D eigenvalue weighted by Gasteiger charge is 2.23. The SMILES string of the molecule is COc1cc(C(=O)N(C)C(C)c2ccon2)c2ccccc2n1. The topological polar surface area (TPSA) is 68.5 Å². The molecule has 0 N–H and O–H groups in total. The summed E-state index contributed by atoms with van der Waals surface area (Å²) in [5.74, 6) is 0.284. The van der Waals surface area contributed by atoms with Crippen molar-refractivity contribution in [2.75, 3.05) is 14.2 Å². The maximum Gasteiger partial charge on any atom is 0.255 e. The molecule has 0 aliphatic rings. The Labute approximate surface area is 133 Å². The summed E-state index contributed by atoms with van der Waals surface area (Å²) in [5, 5.41) is 4.69. The molecule has 1 unspecified atom stereocenters. The first kappa shape index (κ1) is 15.0. The summed E-state index contributed by atoms with van der Waals surface area (Å²) in [6.45, 7) is 1.90. The predicted molar refractivity (Wildman–Crippen MR) is 85.3 cm³/mol. The third-order valence-corrected chi connectivity index (χ3v) is 3.92. The molecule has 6 heteroatoms. The number of para-hydroxylation sites is 1. The van der Waals surface area contributed by atoms with E-state index in [-0.39, 0.29) is 11.9 Å². The van der Waals surface area contributed by atoms with Crippen LogP contribution < -0.4 is 4.74 Å². The first-order valence-electron chi connectivity index (χ1n) is 7.23. The minimum atomic E-state index is -0.209. The average molecular weight is 311 g/mol. The molecule has 23 heavy (non-hydrogen) atoms. The Balaban J connectivity index is 2.03. The Hall–Kier alpha value is -2.89. The Morgan fingerprint density at radius 1 is 1.30 bits per heavy atom. The second-order valence-electron chi connectivity index (χ2n) is 5.25. The minimum Gasteiger partial charge on any atom is -0.481 e. The molecule has 1 atom stereocenters. The number of nitrogens with zero attached hydrogens (tertiary/aromatic N) is 3. The molecule has 3 rings (SSSR count). The van der Waals surface area contributed by atoms with Gasteiger partial charge in [0, 0.05) is 24.6 Å². The average Bonchev–Trinajstić information content (AvgIpc) is 3.13. The Kier molecular flexibility index (Phi) is 3.97. The smallest absolute Gasteiger partial charge is 0.255 e. The van der Waals surface area contributed by atoms with Crippen molar-refractivity contribution < 1.29 is 14.1 Å². The van der Waals surface area contributed by atoms with Crippen LogP contribution in [-0.2, 0) is 0 Å². The number of rotatable bonds is 4. The van der Waals surface area contributed by atoms with E-state index in [1.807, 2.05) is 31.2 Å². The summed E-state index contributed by atoms with van der Waals surface area (Å²) in [6.07, 6.45) is 1.50. The molecule has 0 spiro atoms. The van der Waals surface area contributed by atoms with Crippen LogP contribution in [0.5, 0.6) is 5.88 Å². The molecule has 2 aromatic heterocycles. The lowest BCUT2D eigenvalue weighted by atomic mass is 10.1. The molecular weight excluding hydrogens is 294 g/mol. The van der Waals surface area contributed by atoms with Crippen LogP contribution in [0, 0.1) is 0 Å². The van der Waals surface area contributed by atoms with Crippen molar-refractivity contribution in [1.82, 2.24) is 15.0 Å². The van der Waals surface area contributed by atoms with E-state index in [0.29, 0.717) is 17.1 Å². The third-order valence-electron chi connectivity index (χ3n) is 3.92. The van der Waals surface area contributed by atoms with Gasteiger partial charge < -0.3 is 14.2 Å². The molecule has 2 heterocycles. The molecule has 0 radical (unpaired) electrons. The normalized spacial score (nSPS) is 12.1. The number of aromatic nitrogens is 2. The Morgan fingerprint density at radius 3 is 2.78 bits per heavy atom. The van der Waals surface area contributed by atoms with Gasteiger partial charge in [-0.1, -0.05) is 23.4 Å². The summed E-state index contributed by atoms with van der Waals surface area (Å²) in [6, 6.07) is 10.7. The van der Waals surface area contributed by atoms with Crippen LogP contribution in [0.25, 0.3) is 10.9 Å². The number of fused-ring (bicyclic) bond motifs is 1. The number of hydrogen-bond acceptors (Lipinski definition) is 5. The zero-order valence-electron chi connectivity index (χ0n) is 13.2. The number of carbonyl (C=O) groups is 1. The largest absolute Gasteiger partial charge is 0.481 e. The van der Waals surface area contributed by atoms with Crippen LogP contribution in [0.1, 0.15) is 29.0 Å². The summed E-state index contributed by atoms with van der Waals surface area (Å²) >= 11 is 0. The molecule has 0 fully saturated rings. The van der Waals surface area contributed by atoms with Gasteiger partial charge in [0.1, 0.15) is 12.0 Å². The standard InChI is InChI=1S/C17H17N3O3/c1-11(14-8-9-23-19-14)20(2)17(21)13-10-16(22-3)18-15-7-5-4-6-12(13)15/h4-11H,1-3H3. The molecular formula is C17H17N3O3. The Morgan fingerprint density at radius 2 is 2.09 bits per heavy atom. The van der Waals surface area contributed by atoms with Crippen LogP contribution in [-0.4, -0.2) is 35.1 Å². The van der Waals surface area contributed by atoms with Gasteiger partial charge in [-0.05, 0) is 13.0 Å². The molecule has 0 saturated heterocycles. The lowest BCUT2D eigenvalue weighted by Gasteiger charge is -2.24. The number of hydrogen-bond donors (Lipinski definition) is 0. The molecule has 1 aromatic carbocycles. The van der Waals surface area contributed by atoms with Crippen LogP contribution in [0.15, 0.2) is 47.2 Å². The van der Waals surface area contributed by atoms with Gasteiger partial charge in [-0.15, -0.1) is 0 Å². The zero-order chi connectivity index (χ0) is 16.4. The summed E-state index contributed by atoms with van der Waals surface area (Å²) in [4.78, 5) is 18.9. The second kappa shape index (κ2) is 6.08. The van der Waals surface area contributed by atoms with E-state index >= 15 is 0 Å². The van der Waals surface area contributed by atoms with Gasteiger partial charge in [-0.25, -0.2) is 4.98 Å². The van der Waals surface area contributed by atoms with Crippen molar-refractivity contribution in [3.63, 3.8) is 0 Å². The van der Waals surface area contributed by atoms with Crippen molar-refractivity contribution >= 4 is 16.8 Å². The van der Waals surface area contributed by atoms with E-state index < -0.39 is 0 Å². The number of benzene rings is 1. The van der Waals surface area contributed by atoms with Crippen LogP contribution >= 0.6 is 0 Å². The van der Waals surface area contributed by atoms with Gasteiger partial charge in [0.05, 0.1) is 24.2 Å². The van der Waals surface area contributed by atoms with Crippen molar-refractivity contribution in [2.45, 2.75) is 13.0 Å². The predicted octanol–water partition coefficient (Wildman–Crippen LogP) is 3.06. The number of amides is 1. The van der Waals surface area contributed by atoms with Crippen LogP contribution in [0.4, 0.5) is 0 Å². The van der Waals surface area contributed by atoms with Gasteiger partial charge >= 0.3 is 0 Å². The van der Waals surface area contributed by atoms with E-state index in [1.54, 1.807) is 24.1 Å². The third kappa shape index (κ3) is 2.75. The molecule has 6 nitrogen and oxygen atoms in total. The van der Waals surface area contributed by atoms with Crippen LogP contribution in [0.3, 0.4) is 0 Å². The van der Waals surface area contributed by atoms with Crippen molar-refractivity contribution in [3.05, 3.63) is 53.9 Å². The fourth-order valence-corrected chi connectivity index (χ4v) is 2.43. The van der Waals surface area contributed by atoms with Gasteiger partial charge in [0.25, 0.3) is 5.91 Å². The molecule has 0 aliphatic carbocycles. The highest BCUT2D eigenvalue weighted by molar-refractivity contribution is 6.06. The molecule has 0 aliphatic heterocycles. The number of pyridine rings is 1. The maximum atomic E-state index is 12.9. The van der Waals surface area contributed by atoms with E-state index in [9.17, 15) is 4.79 Å². The number of ether oxygens (including phenoxy) is 1. The number of carbonyl (C=O) groups excluding carboxylic acids is 1. The maximum absolute atomic E-state index is 12.9. The quantitative estimate of drug-likeness (QED) is 0.740. The summed E-state index contributed by atoms with van der Waals surface area (Å²) in [5.41, 5.74) is 1.97. The van der Waals surface area contributed by atoms with E-state index in [4.69, 9.17) is 9.26 Å². The van der Waals surface area contributed by atoms with Crippen molar-refractivity contribution in [3.8, 4) is 5.88 Å². The minimum absolute atomic E-state index is 0.127. The second-order valence-corrected chi connectivity index (χ2v) is 5.25. The van der Waals surface area contributed by atoms with E-state index in [0.717, 1.165) is 10.9 Å². The monoisotopic (exact) mass is 311 g/mol. The van der Waals surface area contributed by atoms with Gasteiger partial charge in [0.2, 0.25) is 5.88 Å². The van der Waals surface area contributed by atoms with Crippen molar-refractivity contribution in [1.29, 1.82) is 0 Å². The molecule has 0 bridgehead atoms. The first-order chi connectivity index (χ1) is 11.1. The molecule has 3 aromatic rings. The molecule has 118 valence electrons. The lowest BCUT2D eigenvalue weighted by molar-refractivity contribution is 0.0739. The van der Waals surface area contributed by atoms with Gasteiger partial charge in [-0.3, -0.25) is 4.79 Å². The van der Waals surface area contributed by atoms with Gasteiger partial charge in [0.15, 0.2) is 0 Å². The molecule has 1 amide bonds. The fourth-order valence-electron chi connectivity index (χ4n) is 2.43. The first-order valence-corrected chi connectivity index (χ1v) is 7.23. The fraction of sp³-hybridized carbons (Fsp3) is 0.235. The molecule has 0 saturated carbocycles. The highest BCUT2D eigenvalue weighted by atomic mass is 16.5. The highest BCUT2D eigenvalue weighted by Crippen LogP contribution is 2.26. The van der Waals surface area contributed by atoms with Gasteiger partial charge in [-0.2, -0.15) is 0 Å². The number of methoxy groups -OCH3 is 1.